The molecule has 1 aromatic rings. The van der Waals surface area contributed by atoms with E-state index in [1.165, 1.54) is 11.3 Å². The summed E-state index contributed by atoms with van der Waals surface area (Å²) in [5.41, 5.74) is 2.51. The highest BCUT2D eigenvalue weighted by Gasteiger charge is 2.23. The van der Waals surface area contributed by atoms with E-state index in [9.17, 15) is 0 Å². The lowest BCUT2D eigenvalue weighted by Crippen LogP contribution is -2.24. The number of hydrogen-bond donors (Lipinski definition) is 1. The van der Waals surface area contributed by atoms with Crippen molar-refractivity contribution in [2.75, 3.05) is 31.6 Å². The normalized spacial score (nSPS) is 18.7. The molecule has 1 aromatic heterocycles. The summed E-state index contributed by atoms with van der Waals surface area (Å²) in [7, 11) is 1.80. The van der Waals surface area contributed by atoms with Gasteiger partial charge in [-0.05, 0) is 43.0 Å². The molecule has 1 aliphatic rings. The van der Waals surface area contributed by atoms with Crippen LogP contribution in [-0.4, -0.2) is 37.8 Å². The minimum absolute atomic E-state index is 0.344. The monoisotopic (exact) mass is 291 g/mol. The maximum absolute atomic E-state index is 5.47. The highest BCUT2D eigenvalue weighted by Crippen LogP contribution is 2.24. The van der Waals surface area contributed by atoms with Gasteiger partial charge in [-0.1, -0.05) is 20.8 Å². The molecule has 0 amide bonds. The molecule has 2 heterocycles. The summed E-state index contributed by atoms with van der Waals surface area (Å²) in [6.45, 7) is 10.6. The van der Waals surface area contributed by atoms with Gasteiger partial charge in [0, 0.05) is 32.4 Å². The average Bonchev–Trinajstić information content (AvgIpc) is 2.96. The second-order valence-corrected chi connectivity index (χ2v) is 6.18. The van der Waals surface area contributed by atoms with Crippen molar-refractivity contribution in [2.24, 2.45) is 0 Å². The van der Waals surface area contributed by atoms with Crippen molar-refractivity contribution in [1.82, 2.24) is 10.3 Å². The Morgan fingerprint density at radius 1 is 1.43 bits per heavy atom. The van der Waals surface area contributed by atoms with Crippen LogP contribution in [-0.2, 0) is 11.3 Å². The van der Waals surface area contributed by atoms with Gasteiger partial charge in [-0.2, -0.15) is 0 Å². The summed E-state index contributed by atoms with van der Waals surface area (Å²) in [5.74, 6) is 1.56. The Labute approximate surface area is 128 Å². The van der Waals surface area contributed by atoms with E-state index >= 15 is 0 Å². The Bertz CT molecular complexity index is 448. The molecule has 1 unspecified atom stereocenters. The van der Waals surface area contributed by atoms with E-state index in [4.69, 9.17) is 9.72 Å². The van der Waals surface area contributed by atoms with Crippen LogP contribution in [0.1, 0.15) is 50.8 Å². The second kappa shape index (κ2) is 7.76. The molecule has 0 aliphatic carbocycles. The summed E-state index contributed by atoms with van der Waals surface area (Å²) in [5, 5.41) is 3.48. The van der Waals surface area contributed by atoms with Gasteiger partial charge in [-0.3, -0.25) is 0 Å². The topological polar surface area (TPSA) is 37.4 Å². The number of nitrogens with zero attached hydrogens (tertiary/aromatic N) is 2. The molecule has 0 saturated carbocycles. The van der Waals surface area contributed by atoms with Crippen molar-refractivity contribution in [3.8, 4) is 0 Å². The summed E-state index contributed by atoms with van der Waals surface area (Å²) in [4.78, 5) is 7.21. The molecule has 1 aliphatic heterocycles. The Balaban J connectivity index is 2.15. The van der Waals surface area contributed by atoms with E-state index < -0.39 is 0 Å². The molecule has 1 N–H and O–H groups in total. The largest absolute Gasteiger partial charge is 0.380 e. The van der Waals surface area contributed by atoms with E-state index in [0.717, 1.165) is 44.8 Å². The minimum Gasteiger partial charge on any atom is -0.380 e. The minimum atomic E-state index is 0.344. The number of rotatable bonds is 7. The zero-order valence-corrected chi connectivity index (χ0v) is 13.9. The van der Waals surface area contributed by atoms with Crippen molar-refractivity contribution in [1.29, 1.82) is 0 Å². The number of nitrogens with one attached hydrogen (secondary N) is 1. The molecule has 1 fully saturated rings. The maximum atomic E-state index is 5.47. The highest BCUT2D eigenvalue weighted by molar-refractivity contribution is 5.44. The molecular weight excluding hydrogens is 262 g/mol. The van der Waals surface area contributed by atoms with Gasteiger partial charge in [0.2, 0.25) is 0 Å². The molecule has 21 heavy (non-hydrogen) atoms. The molecule has 4 heteroatoms. The molecule has 1 saturated heterocycles. The van der Waals surface area contributed by atoms with Gasteiger partial charge in [0.25, 0.3) is 0 Å². The molecular formula is C17H29N3O. The predicted octanol–water partition coefficient (Wildman–Crippen LogP) is 2.93. The molecule has 2 rings (SSSR count). The number of methoxy groups -OCH3 is 1. The summed E-state index contributed by atoms with van der Waals surface area (Å²) in [6.07, 6.45) is 2.60. The van der Waals surface area contributed by atoms with Crippen LogP contribution in [0.3, 0.4) is 0 Å². The number of hydrogen-bond acceptors (Lipinski definition) is 4. The van der Waals surface area contributed by atoms with Gasteiger partial charge < -0.3 is 15.0 Å². The standard InChI is InChI=1S/C17H29N3O/c1-5-7-18-11-14-9-16(13(2)3)19-17(10-14)20-8-6-15(12-20)21-4/h9-10,13,15,18H,5-8,11-12H2,1-4H3. The Morgan fingerprint density at radius 3 is 2.86 bits per heavy atom. The SMILES string of the molecule is CCCNCc1cc(C(C)C)nc(N2CCC(OC)C2)c1. The lowest BCUT2D eigenvalue weighted by molar-refractivity contribution is 0.121. The second-order valence-electron chi connectivity index (χ2n) is 6.18. The van der Waals surface area contributed by atoms with Crippen LogP contribution in [0.2, 0.25) is 0 Å². The van der Waals surface area contributed by atoms with Crippen molar-refractivity contribution in [3.05, 3.63) is 23.4 Å². The number of aromatic nitrogens is 1. The quantitative estimate of drug-likeness (QED) is 0.784. The van der Waals surface area contributed by atoms with Crippen LogP contribution in [0.25, 0.3) is 0 Å². The number of anilines is 1. The van der Waals surface area contributed by atoms with Gasteiger partial charge in [-0.25, -0.2) is 4.98 Å². The maximum Gasteiger partial charge on any atom is 0.129 e. The van der Waals surface area contributed by atoms with E-state index in [1.807, 2.05) is 0 Å². The van der Waals surface area contributed by atoms with E-state index in [0.29, 0.717) is 12.0 Å². The predicted molar refractivity (Wildman–Crippen MR) is 88.0 cm³/mol. The first kappa shape index (κ1) is 16.2. The fourth-order valence-corrected chi connectivity index (χ4v) is 2.69. The van der Waals surface area contributed by atoms with Crippen molar-refractivity contribution < 1.29 is 4.74 Å². The van der Waals surface area contributed by atoms with Gasteiger partial charge in [-0.15, -0.1) is 0 Å². The molecule has 0 aromatic carbocycles. The van der Waals surface area contributed by atoms with Crippen molar-refractivity contribution in [3.63, 3.8) is 0 Å². The fourth-order valence-electron chi connectivity index (χ4n) is 2.69. The molecule has 0 bridgehead atoms. The smallest absolute Gasteiger partial charge is 0.129 e. The van der Waals surface area contributed by atoms with Gasteiger partial charge in [0.15, 0.2) is 0 Å². The van der Waals surface area contributed by atoms with Crippen molar-refractivity contribution in [2.45, 2.75) is 52.2 Å². The Morgan fingerprint density at radius 2 is 2.24 bits per heavy atom. The van der Waals surface area contributed by atoms with Crippen LogP contribution in [0.5, 0.6) is 0 Å². The molecule has 0 spiro atoms. The lowest BCUT2D eigenvalue weighted by atomic mass is 10.1. The number of ether oxygens (including phenoxy) is 1. The fraction of sp³-hybridized carbons (Fsp3) is 0.706. The Kier molecular flexibility index (Phi) is 6.00. The molecule has 4 nitrogen and oxygen atoms in total. The first-order chi connectivity index (χ1) is 10.1. The van der Waals surface area contributed by atoms with Gasteiger partial charge in [0.05, 0.1) is 6.10 Å². The lowest BCUT2D eigenvalue weighted by Gasteiger charge is -2.20. The van der Waals surface area contributed by atoms with Gasteiger partial charge in [0.1, 0.15) is 5.82 Å². The molecule has 118 valence electrons. The zero-order valence-electron chi connectivity index (χ0n) is 13.9. The van der Waals surface area contributed by atoms with E-state index in [2.05, 4.69) is 43.1 Å². The van der Waals surface area contributed by atoms with Gasteiger partial charge >= 0.3 is 0 Å². The third-order valence-corrected chi connectivity index (χ3v) is 4.04. The van der Waals surface area contributed by atoms with Crippen molar-refractivity contribution >= 4 is 5.82 Å². The van der Waals surface area contributed by atoms with Crippen LogP contribution in [0.15, 0.2) is 12.1 Å². The van der Waals surface area contributed by atoms with E-state index in [1.54, 1.807) is 7.11 Å². The molecule has 1 atom stereocenters. The first-order valence-corrected chi connectivity index (χ1v) is 8.13. The van der Waals surface area contributed by atoms with Crippen LogP contribution >= 0.6 is 0 Å². The van der Waals surface area contributed by atoms with Crippen LogP contribution in [0.4, 0.5) is 5.82 Å². The first-order valence-electron chi connectivity index (χ1n) is 8.13. The summed E-state index contributed by atoms with van der Waals surface area (Å²) < 4.78 is 5.47. The summed E-state index contributed by atoms with van der Waals surface area (Å²) >= 11 is 0. The van der Waals surface area contributed by atoms with E-state index in [-0.39, 0.29) is 0 Å². The Hall–Kier alpha value is -1.13. The average molecular weight is 291 g/mol. The molecule has 0 radical (unpaired) electrons. The zero-order chi connectivity index (χ0) is 15.2. The third-order valence-electron chi connectivity index (χ3n) is 4.04. The van der Waals surface area contributed by atoms with Crippen LogP contribution < -0.4 is 10.2 Å². The summed E-state index contributed by atoms with van der Waals surface area (Å²) in [6, 6.07) is 4.47. The highest BCUT2D eigenvalue weighted by atomic mass is 16.5. The van der Waals surface area contributed by atoms with Crippen LogP contribution in [0, 0.1) is 0 Å². The third kappa shape index (κ3) is 4.42. The number of pyridine rings is 1.